The fourth-order valence-corrected chi connectivity index (χ4v) is 1.73. The van der Waals surface area contributed by atoms with Gasteiger partial charge in [0.25, 0.3) is 0 Å². The van der Waals surface area contributed by atoms with Crippen LogP contribution in [-0.4, -0.2) is 19.1 Å². The lowest BCUT2D eigenvalue weighted by atomic mass is 9.95. The summed E-state index contributed by atoms with van der Waals surface area (Å²) in [5.74, 6) is -0.297. The number of methoxy groups -OCH3 is 1. The van der Waals surface area contributed by atoms with E-state index in [2.05, 4.69) is 0 Å². The Kier molecular flexibility index (Phi) is 4.07. The third kappa shape index (κ3) is 2.83. The quantitative estimate of drug-likeness (QED) is 0.794. The van der Waals surface area contributed by atoms with Crippen molar-refractivity contribution in [1.29, 1.82) is 0 Å². The van der Waals surface area contributed by atoms with Gasteiger partial charge < -0.3 is 10.5 Å². The molecule has 0 aliphatic heterocycles. The molecule has 88 valence electrons. The summed E-state index contributed by atoms with van der Waals surface area (Å²) in [4.78, 5) is 11.5. The molecule has 1 atom stereocenters. The molecule has 0 aliphatic carbocycles. The molecule has 1 aromatic rings. The lowest BCUT2D eigenvalue weighted by Gasteiger charge is -2.13. The van der Waals surface area contributed by atoms with E-state index < -0.39 is 0 Å². The summed E-state index contributed by atoms with van der Waals surface area (Å²) in [5, 5.41) is 0. The number of aryl methyl sites for hydroxylation is 1. The summed E-state index contributed by atoms with van der Waals surface area (Å²) in [6.07, 6.45) is 0.775. The lowest BCUT2D eigenvalue weighted by Crippen LogP contribution is -2.19. The second kappa shape index (κ2) is 5.12. The molecule has 0 aromatic heterocycles. The van der Waals surface area contributed by atoms with Crippen LogP contribution in [0.4, 0.5) is 0 Å². The fourth-order valence-electron chi connectivity index (χ4n) is 1.73. The van der Waals surface area contributed by atoms with Gasteiger partial charge in [0.05, 0.1) is 12.7 Å². The molecule has 3 nitrogen and oxygen atoms in total. The Bertz CT molecular complexity index is 397. The average molecular weight is 221 g/mol. The number of esters is 1. The van der Waals surface area contributed by atoms with E-state index in [1.165, 1.54) is 12.7 Å². The monoisotopic (exact) mass is 221 g/mol. The summed E-state index contributed by atoms with van der Waals surface area (Å²) in [6, 6.07) is 3.81. The number of carbonyl (C=O) groups excluding carboxylic acids is 1. The van der Waals surface area contributed by atoms with Crippen molar-refractivity contribution in [3.05, 3.63) is 34.4 Å². The predicted molar refractivity (Wildman–Crippen MR) is 64.6 cm³/mol. The Morgan fingerprint density at radius 2 is 2.06 bits per heavy atom. The van der Waals surface area contributed by atoms with E-state index in [1.54, 1.807) is 0 Å². The minimum Gasteiger partial charge on any atom is -0.465 e. The second-order valence-electron chi connectivity index (χ2n) is 4.25. The van der Waals surface area contributed by atoms with Gasteiger partial charge in [-0.25, -0.2) is 4.79 Å². The smallest absolute Gasteiger partial charge is 0.337 e. The molecule has 0 saturated carbocycles. The number of hydrogen-bond donors (Lipinski definition) is 1. The van der Waals surface area contributed by atoms with E-state index >= 15 is 0 Å². The molecule has 3 heteroatoms. The molecule has 0 heterocycles. The number of hydrogen-bond acceptors (Lipinski definition) is 3. The van der Waals surface area contributed by atoms with Crippen LogP contribution < -0.4 is 5.73 Å². The minimum absolute atomic E-state index is 0.0889. The zero-order valence-corrected chi connectivity index (χ0v) is 10.3. The first-order valence-electron chi connectivity index (χ1n) is 5.39. The molecule has 1 aromatic carbocycles. The van der Waals surface area contributed by atoms with Crippen LogP contribution in [0.5, 0.6) is 0 Å². The van der Waals surface area contributed by atoms with Gasteiger partial charge in [-0.3, -0.25) is 0 Å². The first-order chi connectivity index (χ1) is 7.45. The molecule has 0 amide bonds. The van der Waals surface area contributed by atoms with Gasteiger partial charge in [0, 0.05) is 6.04 Å². The van der Waals surface area contributed by atoms with Crippen LogP contribution in [0, 0.1) is 13.8 Å². The van der Waals surface area contributed by atoms with Crippen molar-refractivity contribution in [2.24, 2.45) is 5.73 Å². The van der Waals surface area contributed by atoms with Crippen LogP contribution in [-0.2, 0) is 11.2 Å². The van der Waals surface area contributed by atoms with Crippen molar-refractivity contribution in [2.45, 2.75) is 33.2 Å². The van der Waals surface area contributed by atoms with Gasteiger partial charge >= 0.3 is 5.97 Å². The molecule has 1 rings (SSSR count). The average Bonchev–Trinajstić information content (AvgIpc) is 2.22. The van der Waals surface area contributed by atoms with Crippen LogP contribution in [0.15, 0.2) is 12.1 Å². The molecule has 1 unspecified atom stereocenters. The Morgan fingerprint density at radius 3 is 2.56 bits per heavy atom. The van der Waals surface area contributed by atoms with Gasteiger partial charge in [0.15, 0.2) is 0 Å². The van der Waals surface area contributed by atoms with E-state index in [9.17, 15) is 4.79 Å². The highest BCUT2D eigenvalue weighted by Crippen LogP contribution is 2.18. The van der Waals surface area contributed by atoms with E-state index in [0.717, 1.165) is 17.5 Å². The van der Waals surface area contributed by atoms with E-state index in [4.69, 9.17) is 10.5 Å². The lowest BCUT2D eigenvalue weighted by molar-refractivity contribution is 0.0600. The molecular weight excluding hydrogens is 202 g/mol. The van der Waals surface area contributed by atoms with Crippen molar-refractivity contribution in [2.75, 3.05) is 7.11 Å². The molecular formula is C13H19NO2. The summed E-state index contributed by atoms with van der Waals surface area (Å²) in [6.45, 7) is 6.00. The molecule has 0 saturated heterocycles. The largest absolute Gasteiger partial charge is 0.465 e. The molecule has 16 heavy (non-hydrogen) atoms. The molecule has 0 spiro atoms. The summed E-state index contributed by atoms with van der Waals surface area (Å²) >= 11 is 0. The Labute approximate surface area is 96.6 Å². The number of benzene rings is 1. The van der Waals surface area contributed by atoms with Gasteiger partial charge in [-0.15, -0.1) is 0 Å². The third-order valence-corrected chi connectivity index (χ3v) is 2.74. The maximum atomic E-state index is 11.5. The normalized spacial score (nSPS) is 12.3. The standard InChI is InChI=1S/C13H19NO2/c1-8-5-12(13(15)16-4)7-11(10(8)3)6-9(2)14/h5,7,9H,6,14H2,1-4H3. The second-order valence-corrected chi connectivity index (χ2v) is 4.25. The van der Waals surface area contributed by atoms with Crippen molar-refractivity contribution in [3.8, 4) is 0 Å². The number of nitrogens with two attached hydrogens (primary N) is 1. The maximum Gasteiger partial charge on any atom is 0.337 e. The number of carbonyl (C=O) groups is 1. The highest BCUT2D eigenvalue weighted by atomic mass is 16.5. The van der Waals surface area contributed by atoms with E-state index in [1.807, 2.05) is 32.9 Å². The first-order valence-corrected chi connectivity index (χ1v) is 5.39. The Morgan fingerprint density at radius 1 is 1.44 bits per heavy atom. The fraction of sp³-hybridized carbons (Fsp3) is 0.462. The highest BCUT2D eigenvalue weighted by molar-refractivity contribution is 5.90. The van der Waals surface area contributed by atoms with Crippen molar-refractivity contribution in [1.82, 2.24) is 0 Å². The number of rotatable bonds is 3. The van der Waals surface area contributed by atoms with Crippen LogP contribution >= 0.6 is 0 Å². The Hall–Kier alpha value is -1.35. The van der Waals surface area contributed by atoms with Gasteiger partial charge in [-0.1, -0.05) is 0 Å². The summed E-state index contributed by atoms with van der Waals surface area (Å²) in [7, 11) is 1.39. The van der Waals surface area contributed by atoms with Crippen molar-refractivity contribution < 1.29 is 9.53 Å². The molecule has 0 fully saturated rings. The zero-order valence-electron chi connectivity index (χ0n) is 10.3. The highest BCUT2D eigenvalue weighted by Gasteiger charge is 2.11. The molecule has 0 radical (unpaired) electrons. The van der Waals surface area contributed by atoms with Gasteiger partial charge in [-0.2, -0.15) is 0 Å². The third-order valence-electron chi connectivity index (χ3n) is 2.74. The molecule has 2 N–H and O–H groups in total. The van der Waals surface area contributed by atoms with Crippen LogP contribution in [0.1, 0.15) is 34.0 Å². The Balaban J connectivity index is 3.16. The number of ether oxygens (including phenoxy) is 1. The first kappa shape index (κ1) is 12.7. The van der Waals surface area contributed by atoms with Crippen molar-refractivity contribution >= 4 is 5.97 Å². The predicted octanol–water partition coefficient (Wildman–Crippen LogP) is 1.98. The zero-order chi connectivity index (χ0) is 12.3. The SMILES string of the molecule is COC(=O)c1cc(C)c(C)c(CC(C)N)c1. The summed E-state index contributed by atoms with van der Waals surface area (Å²) < 4.78 is 4.72. The van der Waals surface area contributed by atoms with Crippen molar-refractivity contribution in [3.63, 3.8) is 0 Å². The topological polar surface area (TPSA) is 52.3 Å². The van der Waals surface area contributed by atoms with Gasteiger partial charge in [-0.05, 0) is 56.0 Å². The van der Waals surface area contributed by atoms with Gasteiger partial charge in [0.1, 0.15) is 0 Å². The van der Waals surface area contributed by atoms with E-state index in [0.29, 0.717) is 5.56 Å². The molecule has 0 aliphatic rings. The minimum atomic E-state index is -0.297. The maximum absolute atomic E-state index is 11.5. The molecule has 0 bridgehead atoms. The van der Waals surface area contributed by atoms with Crippen LogP contribution in [0.2, 0.25) is 0 Å². The van der Waals surface area contributed by atoms with E-state index in [-0.39, 0.29) is 12.0 Å². The van der Waals surface area contributed by atoms with Crippen LogP contribution in [0.25, 0.3) is 0 Å². The summed E-state index contributed by atoms with van der Waals surface area (Å²) in [5.41, 5.74) is 9.80. The van der Waals surface area contributed by atoms with Crippen LogP contribution in [0.3, 0.4) is 0 Å². The van der Waals surface area contributed by atoms with Gasteiger partial charge in [0.2, 0.25) is 0 Å².